The van der Waals surface area contributed by atoms with Crippen LogP contribution in [0.25, 0.3) is 11.0 Å². The van der Waals surface area contributed by atoms with Gasteiger partial charge in [0.25, 0.3) is 0 Å². The maximum absolute atomic E-state index is 14.3. The molecule has 1 aromatic heterocycles. The largest absolute Gasteiger partial charge is 0.322 e. The van der Waals surface area contributed by atoms with Crippen LogP contribution in [0.15, 0.2) is 42.5 Å². The Balaban J connectivity index is 1.82. The van der Waals surface area contributed by atoms with Gasteiger partial charge in [-0.05, 0) is 57.1 Å². The molecule has 130 valence electrons. The lowest BCUT2D eigenvalue weighted by Crippen LogP contribution is -2.26. The summed E-state index contributed by atoms with van der Waals surface area (Å²) in [6.45, 7) is 4.75. The van der Waals surface area contributed by atoms with Crippen LogP contribution in [-0.2, 0) is 6.54 Å². The van der Waals surface area contributed by atoms with Crippen molar-refractivity contribution in [2.45, 2.75) is 32.4 Å². The van der Waals surface area contributed by atoms with Gasteiger partial charge in [-0.15, -0.1) is 0 Å². The van der Waals surface area contributed by atoms with Gasteiger partial charge in [-0.2, -0.15) is 0 Å². The zero-order valence-electron chi connectivity index (χ0n) is 14.3. The molecule has 0 saturated carbocycles. The second-order valence-electron chi connectivity index (χ2n) is 6.66. The number of benzene rings is 2. The van der Waals surface area contributed by atoms with E-state index in [1.165, 1.54) is 18.9 Å². The SMILES string of the molecule is C[C@@H](c1nc2ccccc2n1Cc1c(F)cccc1Cl)N1CCCC1. The Bertz CT molecular complexity index is 879. The summed E-state index contributed by atoms with van der Waals surface area (Å²) in [7, 11) is 0. The van der Waals surface area contributed by atoms with Gasteiger partial charge in [-0.1, -0.05) is 29.8 Å². The van der Waals surface area contributed by atoms with Gasteiger partial charge < -0.3 is 4.57 Å². The predicted octanol–water partition coefficient (Wildman–Crippen LogP) is 5.03. The standard InChI is InChI=1S/C20H21ClFN3/c1-14(24-11-4-5-12-24)20-23-18-9-2-3-10-19(18)25(20)13-15-16(21)7-6-8-17(15)22/h2-3,6-10,14H,4-5,11-13H2,1H3/t14-/m0/s1. The molecule has 0 radical (unpaired) electrons. The molecule has 1 saturated heterocycles. The maximum atomic E-state index is 14.3. The third-order valence-electron chi connectivity index (χ3n) is 5.12. The predicted molar refractivity (Wildman–Crippen MR) is 99.5 cm³/mol. The Labute approximate surface area is 152 Å². The number of halogens is 2. The second kappa shape index (κ2) is 6.77. The molecule has 0 unspecified atom stereocenters. The van der Waals surface area contributed by atoms with Gasteiger partial charge in [-0.25, -0.2) is 9.37 Å². The van der Waals surface area contributed by atoms with Gasteiger partial charge in [0.15, 0.2) is 0 Å². The summed E-state index contributed by atoms with van der Waals surface area (Å²) >= 11 is 6.27. The number of nitrogens with zero attached hydrogens (tertiary/aromatic N) is 3. The molecule has 1 fully saturated rings. The van der Waals surface area contributed by atoms with E-state index < -0.39 is 0 Å². The highest BCUT2D eigenvalue weighted by Crippen LogP contribution is 2.29. The number of hydrogen-bond acceptors (Lipinski definition) is 2. The molecule has 5 heteroatoms. The van der Waals surface area contributed by atoms with E-state index in [9.17, 15) is 4.39 Å². The first kappa shape index (κ1) is 16.6. The van der Waals surface area contributed by atoms with Gasteiger partial charge in [0.05, 0.1) is 23.6 Å². The van der Waals surface area contributed by atoms with Crippen LogP contribution in [-0.4, -0.2) is 27.5 Å². The fraction of sp³-hybridized carbons (Fsp3) is 0.350. The summed E-state index contributed by atoms with van der Waals surface area (Å²) in [6, 6.07) is 13.1. The molecule has 3 nitrogen and oxygen atoms in total. The Hall–Kier alpha value is -1.91. The lowest BCUT2D eigenvalue weighted by atomic mass is 10.2. The quantitative estimate of drug-likeness (QED) is 0.652. The normalized spacial score (nSPS) is 16.6. The fourth-order valence-electron chi connectivity index (χ4n) is 3.71. The van der Waals surface area contributed by atoms with Crippen LogP contribution in [0.1, 0.15) is 37.2 Å². The first-order valence-electron chi connectivity index (χ1n) is 8.77. The third kappa shape index (κ3) is 3.05. The van der Waals surface area contributed by atoms with Crippen molar-refractivity contribution in [1.82, 2.24) is 14.5 Å². The van der Waals surface area contributed by atoms with Crippen LogP contribution < -0.4 is 0 Å². The molecule has 2 heterocycles. The van der Waals surface area contributed by atoms with Crippen LogP contribution in [0.3, 0.4) is 0 Å². The van der Waals surface area contributed by atoms with Crippen molar-refractivity contribution in [2.75, 3.05) is 13.1 Å². The molecule has 0 spiro atoms. The van der Waals surface area contributed by atoms with Gasteiger partial charge >= 0.3 is 0 Å². The van der Waals surface area contributed by atoms with Crippen molar-refractivity contribution in [2.24, 2.45) is 0 Å². The Morgan fingerprint density at radius 2 is 1.88 bits per heavy atom. The van der Waals surface area contributed by atoms with Gasteiger partial charge in [-0.3, -0.25) is 4.90 Å². The summed E-state index contributed by atoms with van der Waals surface area (Å²) < 4.78 is 16.5. The smallest absolute Gasteiger partial charge is 0.129 e. The number of fused-ring (bicyclic) bond motifs is 1. The van der Waals surface area contributed by atoms with E-state index in [0.717, 1.165) is 29.9 Å². The highest BCUT2D eigenvalue weighted by Gasteiger charge is 2.25. The first-order valence-corrected chi connectivity index (χ1v) is 9.15. The molecule has 1 atom stereocenters. The zero-order valence-corrected chi connectivity index (χ0v) is 15.0. The maximum Gasteiger partial charge on any atom is 0.129 e. The van der Waals surface area contributed by atoms with Crippen LogP contribution in [0.5, 0.6) is 0 Å². The summed E-state index contributed by atoms with van der Waals surface area (Å²) in [6.07, 6.45) is 2.45. The van der Waals surface area contributed by atoms with Crippen molar-refractivity contribution in [1.29, 1.82) is 0 Å². The average molecular weight is 358 g/mol. The highest BCUT2D eigenvalue weighted by atomic mass is 35.5. The average Bonchev–Trinajstić information content (AvgIpc) is 3.26. The topological polar surface area (TPSA) is 21.1 Å². The van der Waals surface area contributed by atoms with E-state index >= 15 is 0 Å². The summed E-state index contributed by atoms with van der Waals surface area (Å²) in [5, 5.41) is 0.456. The third-order valence-corrected chi connectivity index (χ3v) is 5.48. The molecular weight excluding hydrogens is 337 g/mol. The number of rotatable bonds is 4. The van der Waals surface area contributed by atoms with Crippen molar-refractivity contribution in [3.8, 4) is 0 Å². The first-order chi connectivity index (χ1) is 12.1. The number of para-hydroxylation sites is 2. The highest BCUT2D eigenvalue weighted by molar-refractivity contribution is 6.31. The number of imidazole rings is 1. The Morgan fingerprint density at radius 1 is 1.12 bits per heavy atom. The van der Waals surface area contributed by atoms with Crippen molar-refractivity contribution < 1.29 is 4.39 Å². The van der Waals surface area contributed by atoms with E-state index in [4.69, 9.17) is 16.6 Å². The van der Waals surface area contributed by atoms with Crippen molar-refractivity contribution in [3.05, 3.63) is 64.7 Å². The number of hydrogen-bond donors (Lipinski definition) is 0. The summed E-state index contributed by atoms with van der Waals surface area (Å²) in [5.74, 6) is 0.701. The summed E-state index contributed by atoms with van der Waals surface area (Å²) in [4.78, 5) is 7.31. The number of likely N-dealkylation sites (tertiary alicyclic amines) is 1. The van der Waals surface area contributed by atoms with E-state index in [1.54, 1.807) is 12.1 Å². The molecule has 1 aliphatic heterocycles. The molecule has 0 amide bonds. The van der Waals surface area contributed by atoms with E-state index in [-0.39, 0.29) is 11.9 Å². The Kier molecular flexibility index (Phi) is 4.48. The van der Waals surface area contributed by atoms with E-state index in [1.807, 2.05) is 24.3 Å². The molecule has 25 heavy (non-hydrogen) atoms. The molecule has 1 aliphatic rings. The van der Waals surface area contributed by atoms with Crippen LogP contribution in [0.4, 0.5) is 4.39 Å². The molecule has 3 aromatic rings. The van der Waals surface area contributed by atoms with Gasteiger partial charge in [0.2, 0.25) is 0 Å². The minimum Gasteiger partial charge on any atom is -0.322 e. The van der Waals surface area contributed by atoms with E-state index in [0.29, 0.717) is 17.1 Å². The fourth-order valence-corrected chi connectivity index (χ4v) is 3.94. The monoisotopic (exact) mass is 357 g/mol. The minimum atomic E-state index is -0.273. The second-order valence-corrected chi connectivity index (χ2v) is 7.07. The Morgan fingerprint density at radius 3 is 2.64 bits per heavy atom. The lowest BCUT2D eigenvalue weighted by molar-refractivity contribution is 0.249. The molecule has 4 rings (SSSR count). The van der Waals surface area contributed by atoms with Crippen LogP contribution in [0, 0.1) is 5.82 Å². The van der Waals surface area contributed by atoms with Crippen molar-refractivity contribution >= 4 is 22.6 Å². The van der Waals surface area contributed by atoms with Crippen molar-refractivity contribution in [3.63, 3.8) is 0 Å². The molecular formula is C20H21ClFN3. The molecule has 2 aromatic carbocycles. The minimum absolute atomic E-state index is 0.195. The van der Waals surface area contributed by atoms with Gasteiger partial charge in [0, 0.05) is 10.6 Å². The van der Waals surface area contributed by atoms with Crippen LogP contribution in [0.2, 0.25) is 5.02 Å². The number of aromatic nitrogens is 2. The summed E-state index contributed by atoms with van der Waals surface area (Å²) in [5.41, 5.74) is 2.47. The molecule has 0 bridgehead atoms. The van der Waals surface area contributed by atoms with E-state index in [2.05, 4.69) is 16.4 Å². The lowest BCUT2D eigenvalue weighted by Gasteiger charge is -2.24. The molecule has 0 N–H and O–H groups in total. The zero-order chi connectivity index (χ0) is 17.4. The van der Waals surface area contributed by atoms with Gasteiger partial charge in [0.1, 0.15) is 11.6 Å². The molecule has 0 aliphatic carbocycles. The van der Waals surface area contributed by atoms with Crippen LogP contribution >= 0.6 is 11.6 Å².